The summed E-state index contributed by atoms with van der Waals surface area (Å²) in [5, 5.41) is 0. The third-order valence-electron chi connectivity index (χ3n) is 4.07. The predicted octanol–water partition coefficient (Wildman–Crippen LogP) is 2.61. The fraction of sp³-hybridized carbons (Fsp3) is 0.625. The van der Waals surface area contributed by atoms with Crippen molar-refractivity contribution in [3.05, 3.63) is 23.3 Å². The first kappa shape index (κ1) is 17.1. The fourth-order valence-electron chi connectivity index (χ4n) is 3.09. The Balaban J connectivity index is 2.54. The molecule has 22 heavy (non-hydrogen) atoms. The molecule has 1 heterocycles. The maximum absolute atomic E-state index is 12.1. The molecule has 1 atom stereocenters. The number of hydrogen-bond acceptors (Lipinski definition) is 4. The van der Waals surface area contributed by atoms with Crippen molar-refractivity contribution in [2.75, 3.05) is 27.0 Å². The van der Waals surface area contributed by atoms with E-state index in [-0.39, 0.29) is 6.04 Å². The van der Waals surface area contributed by atoms with Crippen LogP contribution < -0.4 is 9.47 Å². The van der Waals surface area contributed by atoms with Crippen LogP contribution in [0.3, 0.4) is 0 Å². The lowest BCUT2D eigenvalue weighted by Gasteiger charge is -2.37. The topological polar surface area (TPSA) is 55.8 Å². The number of ether oxygens (including phenoxy) is 2. The molecular weight excluding hydrogens is 302 g/mol. The average molecular weight is 327 g/mol. The zero-order valence-corrected chi connectivity index (χ0v) is 14.7. The van der Waals surface area contributed by atoms with Crippen molar-refractivity contribution in [1.82, 2.24) is 4.31 Å². The van der Waals surface area contributed by atoms with Gasteiger partial charge in [-0.05, 0) is 42.0 Å². The largest absolute Gasteiger partial charge is 0.493 e. The van der Waals surface area contributed by atoms with E-state index in [1.807, 2.05) is 12.1 Å². The number of hydrogen-bond donors (Lipinski definition) is 0. The van der Waals surface area contributed by atoms with Crippen LogP contribution in [0, 0.1) is 5.92 Å². The Bertz CT molecular complexity index is 640. The predicted molar refractivity (Wildman–Crippen MR) is 87.0 cm³/mol. The Hall–Kier alpha value is -1.27. The minimum absolute atomic E-state index is 0.140. The first-order valence-electron chi connectivity index (χ1n) is 7.49. The first-order valence-corrected chi connectivity index (χ1v) is 9.34. The number of methoxy groups -OCH3 is 2. The molecule has 0 radical (unpaired) electrons. The number of nitrogens with zero attached hydrogens (tertiary/aromatic N) is 1. The van der Waals surface area contributed by atoms with Crippen LogP contribution in [0.1, 0.15) is 37.4 Å². The van der Waals surface area contributed by atoms with E-state index in [1.165, 1.54) is 6.26 Å². The van der Waals surface area contributed by atoms with E-state index in [4.69, 9.17) is 9.47 Å². The summed E-state index contributed by atoms with van der Waals surface area (Å²) < 4.78 is 36.6. The van der Waals surface area contributed by atoms with Gasteiger partial charge >= 0.3 is 0 Å². The second kappa shape index (κ2) is 6.46. The van der Waals surface area contributed by atoms with Crippen molar-refractivity contribution in [3.8, 4) is 11.5 Å². The summed E-state index contributed by atoms with van der Waals surface area (Å²) >= 11 is 0. The molecule has 1 aliphatic heterocycles. The van der Waals surface area contributed by atoms with Crippen LogP contribution in [-0.4, -0.2) is 39.7 Å². The molecule has 0 N–H and O–H groups in total. The van der Waals surface area contributed by atoms with Gasteiger partial charge in [0.2, 0.25) is 10.0 Å². The summed E-state index contributed by atoms with van der Waals surface area (Å²) in [5.41, 5.74) is 2.17. The minimum atomic E-state index is -3.24. The highest BCUT2D eigenvalue weighted by Gasteiger charge is 2.34. The molecular formula is C16H25NO4S. The zero-order chi connectivity index (χ0) is 16.5. The number of benzene rings is 1. The van der Waals surface area contributed by atoms with Gasteiger partial charge in [0.25, 0.3) is 0 Å². The average Bonchev–Trinajstić information content (AvgIpc) is 2.44. The molecule has 1 unspecified atom stereocenters. The van der Waals surface area contributed by atoms with Gasteiger partial charge in [-0.15, -0.1) is 0 Å². The maximum Gasteiger partial charge on any atom is 0.211 e. The summed E-state index contributed by atoms with van der Waals surface area (Å²) in [6.07, 6.45) is 2.76. The van der Waals surface area contributed by atoms with Gasteiger partial charge in [-0.3, -0.25) is 0 Å². The van der Waals surface area contributed by atoms with Crippen LogP contribution in [-0.2, 0) is 16.4 Å². The number of sulfonamides is 1. The van der Waals surface area contributed by atoms with Gasteiger partial charge in [-0.1, -0.05) is 13.8 Å². The van der Waals surface area contributed by atoms with E-state index in [9.17, 15) is 8.42 Å². The summed E-state index contributed by atoms with van der Waals surface area (Å²) in [6.45, 7) is 4.73. The van der Waals surface area contributed by atoms with Gasteiger partial charge in [-0.25, -0.2) is 8.42 Å². The Labute approximate surface area is 133 Å². The highest BCUT2D eigenvalue weighted by molar-refractivity contribution is 7.88. The van der Waals surface area contributed by atoms with Gasteiger partial charge < -0.3 is 9.47 Å². The van der Waals surface area contributed by atoms with E-state index in [1.54, 1.807) is 18.5 Å². The quantitative estimate of drug-likeness (QED) is 0.834. The summed E-state index contributed by atoms with van der Waals surface area (Å²) in [7, 11) is -0.0287. The zero-order valence-electron chi connectivity index (χ0n) is 13.9. The lowest BCUT2D eigenvalue weighted by atomic mass is 9.89. The molecule has 6 heteroatoms. The Morgan fingerprint density at radius 1 is 1.23 bits per heavy atom. The van der Waals surface area contributed by atoms with Crippen LogP contribution in [0.4, 0.5) is 0 Å². The SMILES string of the molecule is COc1cc2c(cc1OC)C(CC(C)C)N(S(C)(=O)=O)CC2. The third-order valence-corrected chi connectivity index (χ3v) is 5.36. The van der Waals surface area contributed by atoms with Crippen molar-refractivity contribution in [1.29, 1.82) is 0 Å². The van der Waals surface area contributed by atoms with Crippen molar-refractivity contribution in [3.63, 3.8) is 0 Å². The van der Waals surface area contributed by atoms with Crippen LogP contribution in [0.15, 0.2) is 12.1 Å². The number of rotatable bonds is 5. The molecule has 0 spiro atoms. The standard InChI is InChI=1S/C16H25NO4S/c1-11(2)8-14-13-10-16(21-4)15(20-3)9-12(13)6-7-17(14)22(5,18)19/h9-11,14H,6-8H2,1-5H3. The van der Waals surface area contributed by atoms with Crippen molar-refractivity contribution < 1.29 is 17.9 Å². The molecule has 5 nitrogen and oxygen atoms in total. The van der Waals surface area contributed by atoms with E-state index >= 15 is 0 Å². The fourth-order valence-corrected chi connectivity index (χ4v) is 4.18. The van der Waals surface area contributed by atoms with Gasteiger partial charge in [0.05, 0.1) is 26.5 Å². The van der Waals surface area contributed by atoms with Gasteiger partial charge in [0, 0.05) is 6.54 Å². The smallest absolute Gasteiger partial charge is 0.211 e. The van der Waals surface area contributed by atoms with Crippen molar-refractivity contribution in [2.24, 2.45) is 5.92 Å². The van der Waals surface area contributed by atoms with Crippen LogP contribution >= 0.6 is 0 Å². The lowest BCUT2D eigenvalue weighted by Crippen LogP contribution is -2.40. The molecule has 1 aromatic carbocycles. The molecule has 0 bridgehead atoms. The van der Waals surface area contributed by atoms with E-state index in [0.29, 0.717) is 30.4 Å². The summed E-state index contributed by atoms with van der Waals surface area (Å²) in [6, 6.07) is 3.76. The molecule has 0 fully saturated rings. The van der Waals surface area contributed by atoms with Gasteiger partial charge in [0.15, 0.2) is 11.5 Å². The summed E-state index contributed by atoms with van der Waals surface area (Å²) in [4.78, 5) is 0. The van der Waals surface area contributed by atoms with Crippen LogP contribution in [0.2, 0.25) is 0 Å². The lowest BCUT2D eigenvalue weighted by molar-refractivity contribution is 0.269. The maximum atomic E-state index is 12.1. The van der Waals surface area contributed by atoms with E-state index in [0.717, 1.165) is 17.5 Å². The minimum Gasteiger partial charge on any atom is -0.493 e. The second-order valence-corrected chi connectivity index (χ2v) is 8.11. The van der Waals surface area contributed by atoms with Gasteiger partial charge in [-0.2, -0.15) is 4.31 Å². The van der Waals surface area contributed by atoms with E-state index in [2.05, 4.69) is 13.8 Å². The molecule has 0 aromatic heterocycles. The Morgan fingerprint density at radius 2 is 1.82 bits per heavy atom. The Morgan fingerprint density at radius 3 is 2.32 bits per heavy atom. The van der Waals surface area contributed by atoms with Crippen LogP contribution in [0.25, 0.3) is 0 Å². The van der Waals surface area contributed by atoms with E-state index < -0.39 is 10.0 Å². The normalized spacial score (nSPS) is 19.1. The first-order chi connectivity index (χ1) is 10.3. The molecule has 124 valence electrons. The Kier molecular flexibility index (Phi) is 5.02. The molecule has 1 aliphatic rings. The van der Waals surface area contributed by atoms with Gasteiger partial charge in [0.1, 0.15) is 0 Å². The summed E-state index contributed by atoms with van der Waals surface area (Å²) in [5.74, 6) is 1.73. The molecule has 0 amide bonds. The second-order valence-electron chi connectivity index (χ2n) is 6.18. The highest BCUT2D eigenvalue weighted by atomic mass is 32.2. The molecule has 1 aromatic rings. The molecule has 0 aliphatic carbocycles. The highest BCUT2D eigenvalue weighted by Crippen LogP contribution is 2.41. The molecule has 0 saturated heterocycles. The molecule has 0 saturated carbocycles. The number of fused-ring (bicyclic) bond motifs is 1. The molecule has 2 rings (SSSR count). The monoisotopic (exact) mass is 327 g/mol. The third kappa shape index (κ3) is 3.38. The van der Waals surface area contributed by atoms with Crippen LogP contribution in [0.5, 0.6) is 11.5 Å². The van der Waals surface area contributed by atoms with Crippen molar-refractivity contribution in [2.45, 2.75) is 32.7 Å². The van der Waals surface area contributed by atoms with Crippen molar-refractivity contribution >= 4 is 10.0 Å².